The van der Waals surface area contributed by atoms with Crippen LogP contribution in [0.2, 0.25) is 0 Å². The number of hydrogen-bond donors (Lipinski definition) is 2. The van der Waals surface area contributed by atoms with Gasteiger partial charge in [-0.05, 0) is 25.1 Å². The molecule has 7 nitrogen and oxygen atoms in total. The van der Waals surface area contributed by atoms with Crippen molar-refractivity contribution in [3.8, 4) is 28.8 Å². The number of likely N-dealkylation sites (N-methyl/N-ethyl adjacent to an activating group) is 1. The Morgan fingerprint density at radius 3 is 2.86 bits per heavy atom. The molecule has 1 aliphatic heterocycles. The van der Waals surface area contributed by atoms with Crippen LogP contribution in [0, 0.1) is 11.8 Å². The highest BCUT2D eigenvalue weighted by Crippen LogP contribution is 2.46. The van der Waals surface area contributed by atoms with Crippen LogP contribution in [-0.4, -0.2) is 53.1 Å². The molecular weight excluding hydrogens is 404 g/mol. The lowest BCUT2D eigenvalue weighted by molar-refractivity contribution is -0.135. The molecule has 0 saturated carbocycles. The van der Waals surface area contributed by atoms with Crippen molar-refractivity contribution in [2.45, 2.75) is 19.0 Å². The van der Waals surface area contributed by atoms with Crippen molar-refractivity contribution >= 4 is 23.2 Å². The van der Waals surface area contributed by atoms with Gasteiger partial charge in [-0.2, -0.15) is 8.78 Å². The molecule has 2 aromatic rings. The van der Waals surface area contributed by atoms with E-state index < -0.39 is 35.3 Å². The Bertz CT molecular complexity index is 1040. The van der Waals surface area contributed by atoms with Crippen LogP contribution in [0.4, 0.5) is 8.78 Å². The number of thiazole rings is 1. The van der Waals surface area contributed by atoms with E-state index in [1.807, 2.05) is 0 Å². The van der Waals surface area contributed by atoms with Crippen LogP contribution in [0.1, 0.15) is 27.2 Å². The molecule has 2 heterocycles. The number of amides is 2. The maximum absolute atomic E-state index is 14.4. The first-order valence-corrected chi connectivity index (χ1v) is 9.36. The Labute approximate surface area is 169 Å². The number of nitrogens with two attached hydrogens (primary N) is 1. The van der Waals surface area contributed by atoms with Gasteiger partial charge >= 0.3 is 5.92 Å². The molecule has 0 radical (unpaired) electrons. The molecule has 3 rings (SSSR count). The summed E-state index contributed by atoms with van der Waals surface area (Å²) < 4.78 is 34.1. The molecule has 0 spiro atoms. The highest BCUT2D eigenvalue weighted by molar-refractivity contribution is 7.14. The number of alkyl halides is 2. The fraction of sp³-hybridized carbons (Fsp3) is 0.316. The molecule has 0 fully saturated rings. The van der Waals surface area contributed by atoms with Crippen molar-refractivity contribution in [3.63, 3.8) is 0 Å². The molecule has 0 saturated heterocycles. The minimum atomic E-state index is -3.35. The molecule has 1 atom stereocenters. The lowest BCUT2D eigenvalue weighted by Crippen LogP contribution is -2.35. The zero-order valence-corrected chi connectivity index (χ0v) is 16.3. The van der Waals surface area contributed by atoms with Gasteiger partial charge in [-0.3, -0.25) is 9.59 Å². The number of aliphatic hydroxyl groups is 1. The van der Waals surface area contributed by atoms with Crippen molar-refractivity contribution in [3.05, 3.63) is 33.6 Å². The van der Waals surface area contributed by atoms with Gasteiger partial charge in [0.05, 0.1) is 5.69 Å². The topological polar surface area (TPSA) is 106 Å². The minimum Gasteiger partial charge on any atom is -0.486 e. The van der Waals surface area contributed by atoms with Gasteiger partial charge in [-0.1, -0.05) is 11.8 Å². The molecule has 152 valence electrons. The number of hydrogen-bond acceptors (Lipinski definition) is 6. The van der Waals surface area contributed by atoms with E-state index in [0.29, 0.717) is 23.4 Å². The number of aliphatic hydroxyl groups excluding tert-OH is 1. The fourth-order valence-corrected chi connectivity index (χ4v) is 3.48. The number of benzene rings is 1. The molecule has 10 heteroatoms. The number of aromatic nitrogens is 1. The van der Waals surface area contributed by atoms with E-state index in [1.165, 1.54) is 30.1 Å². The number of nitrogens with zero attached hydrogens (tertiary/aromatic N) is 2. The van der Waals surface area contributed by atoms with E-state index in [0.717, 1.165) is 0 Å². The van der Waals surface area contributed by atoms with Gasteiger partial charge in [0.2, 0.25) is 0 Å². The monoisotopic (exact) mass is 421 g/mol. The number of fused-ring (bicyclic) bond motifs is 3. The van der Waals surface area contributed by atoms with Crippen LogP contribution in [-0.2, 0) is 10.7 Å². The van der Waals surface area contributed by atoms with E-state index in [9.17, 15) is 23.5 Å². The van der Waals surface area contributed by atoms with Crippen LogP contribution in [0.25, 0.3) is 11.3 Å². The van der Waals surface area contributed by atoms with E-state index in [4.69, 9.17) is 10.5 Å². The average molecular weight is 421 g/mol. The summed E-state index contributed by atoms with van der Waals surface area (Å²) in [7, 11) is 1.53. The van der Waals surface area contributed by atoms with Gasteiger partial charge in [0.1, 0.15) is 10.6 Å². The zero-order valence-electron chi connectivity index (χ0n) is 15.5. The number of carbonyl (C=O) groups is 2. The lowest BCUT2D eigenvalue weighted by Gasteiger charge is -2.15. The maximum atomic E-state index is 14.4. The van der Waals surface area contributed by atoms with Crippen molar-refractivity contribution < 1.29 is 28.2 Å². The van der Waals surface area contributed by atoms with Gasteiger partial charge in [-0.15, -0.1) is 11.3 Å². The Balaban J connectivity index is 2.03. The summed E-state index contributed by atoms with van der Waals surface area (Å²) in [6.45, 7) is 1.26. The molecule has 1 aromatic heterocycles. The Kier molecular flexibility index (Phi) is 5.55. The molecule has 0 unspecified atom stereocenters. The number of rotatable bonds is 3. The smallest absolute Gasteiger partial charge is 0.317 e. The molecule has 0 bridgehead atoms. The first-order chi connectivity index (χ1) is 13.6. The van der Waals surface area contributed by atoms with Crippen LogP contribution in [0.3, 0.4) is 0 Å². The second-order valence-corrected chi connectivity index (χ2v) is 7.29. The predicted octanol–water partition coefficient (Wildman–Crippen LogP) is 1.58. The SMILES string of the molecule is CCN(C)C(=O)[C@H](O)C#Cc1ccc2c(c1)-c1nc(C(N)=O)sc1C(F)(F)CO2. The van der Waals surface area contributed by atoms with Crippen molar-refractivity contribution in [1.82, 2.24) is 9.88 Å². The van der Waals surface area contributed by atoms with Crippen LogP contribution in [0.15, 0.2) is 18.2 Å². The minimum absolute atomic E-state index is 0.104. The summed E-state index contributed by atoms with van der Waals surface area (Å²) in [5.41, 5.74) is 5.66. The summed E-state index contributed by atoms with van der Waals surface area (Å²) in [6.07, 6.45) is -1.52. The quantitative estimate of drug-likeness (QED) is 0.732. The van der Waals surface area contributed by atoms with Crippen molar-refractivity contribution in [2.24, 2.45) is 5.73 Å². The first-order valence-electron chi connectivity index (χ1n) is 8.54. The number of ether oxygens (including phenoxy) is 1. The van der Waals surface area contributed by atoms with Crippen molar-refractivity contribution in [1.29, 1.82) is 0 Å². The number of carbonyl (C=O) groups excluding carboxylic acids is 2. The van der Waals surface area contributed by atoms with Gasteiger partial charge in [0.15, 0.2) is 17.7 Å². The summed E-state index contributed by atoms with van der Waals surface area (Å²) in [5, 5.41) is 9.67. The first kappa shape index (κ1) is 20.7. The molecule has 29 heavy (non-hydrogen) atoms. The zero-order chi connectivity index (χ0) is 21.3. The molecule has 2 amide bonds. The number of primary amides is 1. The van der Waals surface area contributed by atoms with Crippen molar-refractivity contribution in [2.75, 3.05) is 20.2 Å². The molecule has 1 aliphatic rings. The summed E-state index contributed by atoms with van der Waals surface area (Å²) in [4.78, 5) is 28.2. The van der Waals surface area contributed by atoms with Crippen LogP contribution >= 0.6 is 11.3 Å². The van der Waals surface area contributed by atoms with Gasteiger partial charge in [-0.25, -0.2) is 4.98 Å². The van der Waals surface area contributed by atoms with Crippen LogP contribution < -0.4 is 10.5 Å². The third-order valence-corrected chi connectivity index (χ3v) is 5.43. The second kappa shape index (κ2) is 7.77. The van der Waals surface area contributed by atoms with E-state index in [1.54, 1.807) is 6.92 Å². The Hall–Kier alpha value is -3.03. The van der Waals surface area contributed by atoms with E-state index in [-0.39, 0.29) is 22.0 Å². The summed E-state index contributed by atoms with van der Waals surface area (Å²) in [5.74, 6) is 0.431. The Morgan fingerprint density at radius 2 is 2.21 bits per heavy atom. The standard InChI is InChI=1S/C19H17F2N3O4S/c1-3-24(2)18(27)12(25)6-4-10-5-7-13-11(8-10)14-15(19(20,21)9-28-13)29-17(23-14)16(22)26/h5,7-8,12,25H,3,9H2,1-2H3,(H2,22,26)/t12-/m1/s1. The van der Waals surface area contributed by atoms with Gasteiger partial charge in [0.25, 0.3) is 11.8 Å². The molecule has 1 aromatic carbocycles. The van der Waals surface area contributed by atoms with E-state index in [2.05, 4.69) is 16.8 Å². The highest BCUT2D eigenvalue weighted by atomic mass is 32.1. The molecular formula is C19H17F2N3O4S. The third kappa shape index (κ3) is 4.06. The van der Waals surface area contributed by atoms with E-state index >= 15 is 0 Å². The normalized spacial score (nSPS) is 14.9. The van der Waals surface area contributed by atoms with Crippen LogP contribution in [0.5, 0.6) is 5.75 Å². The second-order valence-electron chi connectivity index (χ2n) is 6.29. The fourth-order valence-electron chi connectivity index (χ4n) is 2.59. The molecule has 3 N–H and O–H groups in total. The largest absolute Gasteiger partial charge is 0.486 e. The predicted molar refractivity (Wildman–Crippen MR) is 102 cm³/mol. The Morgan fingerprint density at radius 1 is 1.48 bits per heavy atom. The molecule has 0 aliphatic carbocycles. The highest BCUT2D eigenvalue weighted by Gasteiger charge is 2.42. The third-order valence-electron chi connectivity index (χ3n) is 4.25. The number of halogens is 2. The van der Waals surface area contributed by atoms with Gasteiger partial charge < -0.3 is 20.5 Å². The maximum Gasteiger partial charge on any atom is 0.317 e. The summed E-state index contributed by atoms with van der Waals surface area (Å²) in [6, 6.07) is 4.41. The summed E-state index contributed by atoms with van der Waals surface area (Å²) >= 11 is 0.519. The average Bonchev–Trinajstić information content (AvgIpc) is 3.12. The van der Waals surface area contributed by atoms with Gasteiger partial charge in [0, 0.05) is 24.7 Å². The lowest BCUT2D eigenvalue weighted by atomic mass is 10.1.